The fourth-order valence-electron chi connectivity index (χ4n) is 1.61. The molecule has 1 aliphatic rings. The fourth-order valence-corrected chi connectivity index (χ4v) is 1.61. The van der Waals surface area contributed by atoms with Crippen molar-refractivity contribution in [1.29, 1.82) is 0 Å². The summed E-state index contributed by atoms with van der Waals surface area (Å²) in [5.41, 5.74) is 1.14. The van der Waals surface area contributed by atoms with E-state index in [1.54, 1.807) is 6.07 Å². The Labute approximate surface area is 71.4 Å². The van der Waals surface area contributed by atoms with Crippen LogP contribution in [0.4, 0.5) is 0 Å². The van der Waals surface area contributed by atoms with Crippen LogP contribution in [0.5, 0.6) is 5.75 Å². The summed E-state index contributed by atoms with van der Waals surface area (Å²) < 4.78 is 0. The smallest absolute Gasteiger partial charge is 0.134 e. The van der Waals surface area contributed by atoms with Gasteiger partial charge in [-0.3, -0.25) is 4.98 Å². The Morgan fingerprint density at radius 2 is 2.42 bits per heavy atom. The molecule has 2 N–H and O–H groups in total. The van der Waals surface area contributed by atoms with Gasteiger partial charge in [0.05, 0.1) is 6.20 Å². The Kier molecular flexibility index (Phi) is 1.96. The van der Waals surface area contributed by atoms with Crippen LogP contribution < -0.4 is 5.32 Å². The lowest BCUT2D eigenvalue weighted by Crippen LogP contribution is -2.07. The largest absolute Gasteiger partial charge is 0.506 e. The van der Waals surface area contributed by atoms with E-state index in [1.807, 2.05) is 6.20 Å². The highest BCUT2D eigenvalue weighted by atomic mass is 16.3. The van der Waals surface area contributed by atoms with Crippen molar-refractivity contribution < 1.29 is 5.11 Å². The maximum Gasteiger partial charge on any atom is 0.134 e. The van der Waals surface area contributed by atoms with Gasteiger partial charge < -0.3 is 10.4 Å². The van der Waals surface area contributed by atoms with E-state index in [4.69, 9.17) is 0 Å². The standard InChI is InChI=1S/C9H12N2O/c12-9-3-8(5-11-6-9)7-1-2-10-4-7/h3,5-7,10,12H,1-2,4H2. The van der Waals surface area contributed by atoms with Crippen LogP contribution in [0.2, 0.25) is 0 Å². The zero-order chi connectivity index (χ0) is 8.39. The molecule has 1 saturated heterocycles. The molecule has 0 radical (unpaired) electrons. The molecule has 3 heteroatoms. The first-order valence-corrected chi connectivity index (χ1v) is 4.21. The molecule has 1 unspecified atom stereocenters. The van der Waals surface area contributed by atoms with Crippen molar-refractivity contribution >= 4 is 0 Å². The first kappa shape index (κ1) is 7.55. The number of hydrogen-bond donors (Lipinski definition) is 2. The first-order chi connectivity index (χ1) is 5.86. The third kappa shape index (κ3) is 1.41. The molecule has 3 nitrogen and oxygen atoms in total. The minimum absolute atomic E-state index is 0.263. The van der Waals surface area contributed by atoms with Gasteiger partial charge in [0.25, 0.3) is 0 Å². The maximum atomic E-state index is 9.19. The number of nitrogens with one attached hydrogen (secondary N) is 1. The van der Waals surface area contributed by atoms with E-state index < -0.39 is 0 Å². The SMILES string of the molecule is Oc1cncc(C2CCNC2)c1. The van der Waals surface area contributed by atoms with E-state index in [9.17, 15) is 5.11 Å². The Balaban J connectivity index is 2.21. The molecule has 12 heavy (non-hydrogen) atoms. The average Bonchev–Trinajstić information content (AvgIpc) is 2.56. The molecular formula is C9H12N2O. The Morgan fingerprint density at radius 3 is 3.08 bits per heavy atom. The molecule has 0 bridgehead atoms. The first-order valence-electron chi connectivity index (χ1n) is 4.21. The zero-order valence-corrected chi connectivity index (χ0v) is 6.83. The average molecular weight is 164 g/mol. The summed E-state index contributed by atoms with van der Waals surface area (Å²) in [4.78, 5) is 3.95. The quantitative estimate of drug-likeness (QED) is 0.647. The van der Waals surface area contributed by atoms with Crippen LogP contribution in [0.25, 0.3) is 0 Å². The topological polar surface area (TPSA) is 45.2 Å². The molecule has 1 aliphatic heterocycles. The predicted octanol–water partition coefficient (Wildman–Crippen LogP) is 0.864. The Hall–Kier alpha value is -1.09. The summed E-state index contributed by atoms with van der Waals surface area (Å²) in [6, 6.07) is 1.80. The Bertz CT molecular complexity index is 269. The van der Waals surface area contributed by atoms with Gasteiger partial charge in [-0.05, 0) is 30.5 Å². The van der Waals surface area contributed by atoms with Crippen molar-refractivity contribution in [2.24, 2.45) is 0 Å². The summed E-state index contributed by atoms with van der Waals surface area (Å²) in [5.74, 6) is 0.795. The Morgan fingerprint density at radius 1 is 1.50 bits per heavy atom. The molecule has 0 spiro atoms. The van der Waals surface area contributed by atoms with Gasteiger partial charge in [0, 0.05) is 12.7 Å². The molecule has 0 saturated carbocycles. The van der Waals surface area contributed by atoms with E-state index in [-0.39, 0.29) is 5.75 Å². The monoisotopic (exact) mass is 164 g/mol. The second-order valence-electron chi connectivity index (χ2n) is 3.17. The van der Waals surface area contributed by atoms with E-state index in [1.165, 1.54) is 6.20 Å². The van der Waals surface area contributed by atoms with Crippen molar-refractivity contribution in [3.63, 3.8) is 0 Å². The lowest BCUT2D eigenvalue weighted by molar-refractivity contribution is 0.471. The molecule has 0 aromatic carbocycles. The highest BCUT2D eigenvalue weighted by Gasteiger charge is 2.16. The minimum Gasteiger partial charge on any atom is -0.506 e. The number of nitrogens with zero attached hydrogens (tertiary/aromatic N) is 1. The van der Waals surface area contributed by atoms with Crippen LogP contribution in [0.1, 0.15) is 17.9 Å². The van der Waals surface area contributed by atoms with Crippen molar-refractivity contribution in [1.82, 2.24) is 10.3 Å². The number of rotatable bonds is 1. The number of aromatic hydroxyl groups is 1. The van der Waals surface area contributed by atoms with E-state index >= 15 is 0 Å². The molecule has 64 valence electrons. The van der Waals surface area contributed by atoms with Crippen LogP contribution in [0.15, 0.2) is 18.5 Å². The van der Waals surface area contributed by atoms with Crippen LogP contribution in [-0.2, 0) is 0 Å². The third-order valence-electron chi connectivity index (χ3n) is 2.28. The van der Waals surface area contributed by atoms with E-state index in [0.717, 1.165) is 25.1 Å². The maximum absolute atomic E-state index is 9.19. The summed E-state index contributed by atoms with van der Waals surface area (Å²) in [6.07, 6.45) is 4.44. The highest BCUT2D eigenvalue weighted by molar-refractivity contribution is 5.25. The van der Waals surface area contributed by atoms with Crippen molar-refractivity contribution in [2.75, 3.05) is 13.1 Å². The molecule has 1 aromatic rings. The lowest BCUT2D eigenvalue weighted by Gasteiger charge is -2.07. The number of pyridine rings is 1. The fraction of sp³-hybridized carbons (Fsp3) is 0.444. The van der Waals surface area contributed by atoms with Gasteiger partial charge in [0.2, 0.25) is 0 Å². The second-order valence-corrected chi connectivity index (χ2v) is 3.17. The molecule has 0 aliphatic carbocycles. The number of hydrogen-bond acceptors (Lipinski definition) is 3. The third-order valence-corrected chi connectivity index (χ3v) is 2.28. The van der Waals surface area contributed by atoms with Crippen molar-refractivity contribution in [3.8, 4) is 5.75 Å². The molecule has 2 heterocycles. The zero-order valence-electron chi connectivity index (χ0n) is 6.83. The van der Waals surface area contributed by atoms with Crippen LogP contribution in [0.3, 0.4) is 0 Å². The molecule has 1 fully saturated rings. The highest BCUT2D eigenvalue weighted by Crippen LogP contribution is 2.23. The second kappa shape index (κ2) is 3.11. The van der Waals surface area contributed by atoms with Gasteiger partial charge >= 0.3 is 0 Å². The van der Waals surface area contributed by atoms with Gasteiger partial charge in [-0.25, -0.2) is 0 Å². The van der Waals surface area contributed by atoms with Gasteiger partial charge in [0.15, 0.2) is 0 Å². The van der Waals surface area contributed by atoms with E-state index in [0.29, 0.717) is 5.92 Å². The molecule has 0 amide bonds. The number of aromatic nitrogens is 1. The van der Waals surface area contributed by atoms with Gasteiger partial charge in [0.1, 0.15) is 5.75 Å². The summed E-state index contributed by atoms with van der Waals surface area (Å²) in [5, 5.41) is 12.5. The minimum atomic E-state index is 0.263. The van der Waals surface area contributed by atoms with Crippen molar-refractivity contribution in [3.05, 3.63) is 24.0 Å². The van der Waals surface area contributed by atoms with Gasteiger partial charge in [-0.1, -0.05) is 0 Å². The van der Waals surface area contributed by atoms with Gasteiger partial charge in [-0.2, -0.15) is 0 Å². The summed E-state index contributed by atoms with van der Waals surface area (Å²) >= 11 is 0. The molecule has 2 rings (SSSR count). The normalized spacial score (nSPS) is 22.8. The summed E-state index contributed by atoms with van der Waals surface area (Å²) in [7, 11) is 0. The summed E-state index contributed by atoms with van der Waals surface area (Å²) in [6.45, 7) is 2.07. The predicted molar refractivity (Wildman–Crippen MR) is 46.1 cm³/mol. The molecule has 1 aromatic heterocycles. The van der Waals surface area contributed by atoms with Crippen LogP contribution in [0, 0.1) is 0 Å². The molecule has 1 atom stereocenters. The van der Waals surface area contributed by atoms with E-state index in [2.05, 4.69) is 10.3 Å². The van der Waals surface area contributed by atoms with Crippen LogP contribution in [-0.4, -0.2) is 23.2 Å². The molecular weight excluding hydrogens is 152 g/mol. The lowest BCUT2D eigenvalue weighted by atomic mass is 10.0. The van der Waals surface area contributed by atoms with Crippen LogP contribution >= 0.6 is 0 Å². The van der Waals surface area contributed by atoms with Gasteiger partial charge in [-0.15, -0.1) is 0 Å². The van der Waals surface area contributed by atoms with Crippen molar-refractivity contribution in [2.45, 2.75) is 12.3 Å².